The Labute approximate surface area is 106 Å². The molecule has 1 aromatic heterocycles. The maximum absolute atomic E-state index is 8.54. The zero-order valence-electron chi connectivity index (χ0n) is 10.2. The zero-order chi connectivity index (χ0) is 12.5. The van der Waals surface area contributed by atoms with E-state index in [1.807, 2.05) is 18.7 Å². The number of nitrogens with one attached hydrogen (secondary N) is 2. The number of aliphatic imine (C=N–C) groups is 1. The number of aromatic nitrogens is 2. The van der Waals surface area contributed by atoms with Crippen LogP contribution in [0.25, 0.3) is 0 Å². The van der Waals surface area contributed by atoms with Crippen molar-refractivity contribution in [2.24, 2.45) is 4.99 Å². The molecule has 17 heavy (non-hydrogen) atoms. The average Bonchev–Trinajstić information content (AvgIpc) is 2.73. The third-order valence-electron chi connectivity index (χ3n) is 2.26. The van der Waals surface area contributed by atoms with Gasteiger partial charge in [0.1, 0.15) is 5.84 Å². The molecule has 6 heteroatoms. The van der Waals surface area contributed by atoms with Gasteiger partial charge in [-0.2, -0.15) is 17.0 Å². The molecule has 0 bridgehead atoms. The maximum atomic E-state index is 8.54. The van der Waals surface area contributed by atoms with E-state index in [9.17, 15) is 0 Å². The lowest BCUT2D eigenvalue weighted by molar-refractivity contribution is 0.952. The summed E-state index contributed by atoms with van der Waals surface area (Å²) < 4.78 is 0. The minimum Gasteiger partial charge on any atom is -0.372 e. The lowest BCUT2D eigenvalue weighted by Crippen LogP contribution is -2.25. The SMILES string of the molecule is CN=C(CC#N)NCCSCc1nc[nH]c1C. The first kappa shape index (κ1) is 13.6. The van der Waals surface area contributed by atoms with E-state index < -0.39 is 0 Å². The molecule has 1 aromatic rings. The lowest BCUT2D eigenvalue weighted by atomic mass is 10.4. The number of nitriles is 1. The van der Waals surface area contributed by atoms with E-state index in [0.29, 0.717) is 6.42 Å². The molecule has 0 saturated carbocycles. The van der Waals surface area contributed by atoms with Gasteiger partial charge in [0, 0.05) is 30.8 Å². The fourth-order valence-electron chi connectivity index (χ4n) is 1.26. The summed E-state index contributed by atoms with van der Waals surface area (Å²) in [6, 6.07) is 2.08. The van der Waals surface area contributed by atoms with Gasteiger partial charge in [0.15, 0.2) is 0 Å². The first-order valence-electron chi connectivity index (χ1n) is 5.41. The number of thioether (sulfide) groups is 1. The lowest BCUT2D eigenvalue weighted by Gasteiger charge is -2.05. The number of aryl methyl sites for hydroxylation is 1. The topological polar surface area (TPSA) is 76.9 Å². The highest BCUT2D eigenvalue weighted by Crippen LogP contribution is 2.11. The molecule has 1 rings (SSSR count). The van der Waals surface area contributed by atoms with Crippen LogP contribution < -0.4 is 5.32 Å². The molecule has 0 radical (unpaired) electrons. The van der Waals surface area contributed by atoms with Gasteiger partial charge in [-0.05, 0) is 6.92 Å². The normalized spacial score (nSPS) is 11.2. The van der Waals surface area contributed by atoms with Gasteiger partial charge >= 0.3 is 0 Å². The van der Waals surface area contributed by atoms with Crippen LogP contribution in [0.2, 0.25) is 0 Å². The molecule has 1 heterocycles. The van der Waals surface area contributed by atoms with Gasteiger partial charge in [0.2, 0.25) is 0 Å². The highest BCUT2D eigenvalue weighted by atomic mass is 32.2. The van der Waals surface area contributed by atoms with Crippen molar-refractivity contribution in [3.63, 3.8) is 0 Å². The second-order valence-electron chi connectivity index (χ2n) is 3.46. The molecule has 0 aliphatic rings. The van der Waals surface area contributed by atoms with Gasteiger partial charge in [0.25, 0.3) is 0 Å². The predicted molar refractivity (Wildman–Crippen MR) is 71.1 cm³/mol. The number of aromatic amines is 1. The molecule has 92 valence electrons. The van der Waals surface area contributed by atoms with Crippen LogP contribution in [0.1, 0.15) is 17.8 Å². The van der Waals surface area contributed by atoms with Gasteiger partial charge in [-0.3, -0.25) is 4.99 Å². The van der Waals surface area contributed by atoms with E-state index in [0.717, 1.165) is 35.3 Å². The quantitative estimate of drug-likeness (QED) is 0.456. The first-order chi connectivity index (χ1) is 8.27. The second kappa shape index (κ2) is 7.74. The van der Waals surface area contributed by atoms with E-state index >= 15 is 0 Å². The molecule has 0 aliphatic carbocycles. The Morgan fingerprint density at radius 3 is 3.12 bits per heavy atom. The van der Waals surface area contributed by atoms with Gasteiger partial charge in [0.05, 0.1) is 24.5 Å². The summed E-state index contributed by atoms with van der Waals surface area (Å²) in [5, 5.41) is 11.7. The summed E-state index contributed by atoms with van der Waals surface area (Å²) in [6.45, 7) is 2.85. The summed E-state index contributed by atoms with van der Waals surface area (Å²) in [5.41, 5.74) is 2.24. The molecule has 0 unspecified atom stereocenters. The van der Waals surface area contributed by atoms with Crippen molar-refractivity contribution in [1.29, 1.82) is 5.26 Å². The molecule has 0 aliphatic heterocycles. The fraction of sp³-hybridized carbons (Fsp3) is 0.545. The highest BCUT2D eigenvalue weighted by molar-refractivity contribution is 7.98. The molecule has 0 amide bonds. The molecular weight excluding hydrogens is 234 g/mol. The Hall–Kier alpha value is -1.48. The van der Waals surface area contributed by atoms with Crippen LogP contribution in [0.15, 0.2) is 11.3 Å². The number of nitrogens with zero attached hydrogens (tertiary/aromatic N) is 3. The average molecular weight is 251 g/mol. The summed E-state index contributed by atoms with van der Waals surface area (Å²) >= 11 is 1.81. The van der Waals surface area contributed by atoms with E-state index in [2.05, 4.69) is 26.3 Å². The van der Waals surface area contributed by atoms with Crippen LogP contribution in [0.4, 0.5) is 0 Å². The molecule has 2 N–H and O–H groups in total. The fourth-order valence-corrected chi connectivity index (χ4v) is 2.14. The van der Waals surface area contributed by atoms with Gasteiger partial charge < -0.3 is 10.3 Å². The first-order valence-corrected chi connectivity index (χ1v) is 6.56. The summed E-state index contributed by atoms with van der Waals surface area (Å²) in [7, 11) is 1.69. The predicted octanol–water partition coefficient (Wildman–Crippen LogP) is 1.48. The van der Waals surface area contributed by atoms with E-state index in [4.69, 9.17) is 5.26 Å². The monoisotopic (exact) mass is 251 g/mol. The number of hydrogen-bond acceptors (Lipinski definition) is 4. The maximum Gasteiger partial charge on any atom is 0.110 e. The Morgan fingerprint density at radius 1 is 1.71 bits per heavy atom. The smallest absolute Gasteiger partial charge is 0.110 e. The van der Waals surface area contributed by atoms with Crippen LogP contribution in [0, 0.1) is 18.3 Å². The highest BCUT2D eigenvalue weighted by Gasteiger charge is 2.01. The minimum absolute atomic E-state index is 0.347. The number of rotatable bonds is 6. The van der Waals surface area contributed by atoms with E-state index in [1.54, 1.807) is 13.4 Å². The summed E-state index contributed by atoms with van der Waals surface area (Å²) in [5.74, 6) is 2.63. The van der Waals surface area contributed by atoms with Crippen molar-refractivity contribution in [2.45, 2.75) is 19.1 Å². The van der Waals surface area contributed by atoms with E-state index in [-0.39, 0.29) is 0 Å². The van der Waals surface area contributed by atoms with E-state index in [1.165, 1.54) is 0 Å². The third-order valence-corrected chi connectivity index (χ3v) is 3.24. The zero-order valence-corrected chi connectivity index (χ0v) is 11.0. The number of imidazole rings is 1. The molecule has 5 nitrogen and oxygen atoms in total. The molecule has 0 spiro atoms. The second-order valence-corrected chi connectivity index (χ2v) is 4.56. The minimum atomic E-state index is 0.347. The van der Waals surface area contributed by atoms with Gasteiger partial charge in [-0.25, -0.2) is 4.98 Å². The van der Waals surface area contributed by atoms with Crippen molar-refractivity contribution in [3.8, 4) is 6.07 Å². The Balaban J connectivity index is 2.13. The standard InChI is InChI=1S/C11H17N5S/c1-9-10(16-8-15-9)7-17-6-5-14-11(13-2)3-4-12/h8H,3,5-7H2,1-2H3,(H,13,14)(H,15,16). The van der Waals surface area contributed by atoms with Crippen LogP contribution >= 0.6 is 11.8 Å². The number of H-pyrrole nitrogens is 1. The number of amidine groups is 1. The van der Waals surface area contributed by atoms with Crippen LogP contribution in [-0.2, 0) is 5.75 Å². The van der Waals surface area contributed by atoms with Gasteiger partial charge in [-0.15, -0.1) is 0 Å². The Morgan fingerprint density at radius 2 is 2.53 bits per heavy atom. The molecule has 0 fully saturated rings. The Bertz CT molecular complexity index is 404. The van der Waals surface area contributed by atoms with Crippen LogP contribution in [0.5, 0.6) is 0 Å². The van der Waals surface area contributed by atoms with Crippen molar-refractivity contribution < 1.29 is 0 Å². The van der Waals surface area contributed by atoms with Crippen molar-refractivity contribution in [2.75, 3.05) is 19.3 Å². The largest absolute Gasteiger partial charge is 0.372 e. The molecule has 0 atom stereocenters. The molecule has 0 aromatic carbocycles. The Kier molecular flexibility index (Phi) is 6.18. The van der Waals surface area contributed by atoms with Crippen LogP contribution in [-0.4, -0.2) is 35.1 Å². The van der Waals surface area contributed by atoms with Crippen LogP contribution in [0.3, 0.4) is 0 Å². The van der Waals surface area contributed by atoms with Gasteiger partial charge in [-0.1, -0.05) is 0 Å². The molecular formula is C11H17N5S. The molecule has 0 saturated heterocycles. The summed E-state index contributed by atoms with van der Waals surface area (Å²) in [4.78, 5) is 11.3. The van der Waals surface area contributed by atoms with Crippen molar-refractivity contribution in [3.05, 3.63) is 17.7 Å². The summed E-state index contributed by atoms with van der Waals surface area (Å²) in [6.07, 6.45) is 2.07. The van der Waals surface area contributed by atoms with Crippen molar-refractivity contribution in [1.82, 2.24) is 15.3 Å². The van der Waals surface area contributed by atoms with Crippen molar-refractivity contribution >= 4 is 17.6 Å². The number of hydrogen-bond donors (Lipinski definition) is 2. The third kappa shape index (κ3) is 4.91.